The summed E-state index contributed by atoms with van der Waals surface area (Å²) >= 11 is 6.33. The number of halogens is 1. The van der Waals surface area contributed by atoms with E-state index in [1.165, 1.54) is 12.8 Å². The molecule has 0 aromatic heterocycles. The molecule has 1 fully saturated rings. The number of hydrogen-bond donors (Lipinski definition) is 1. The van der Waals surface area contributed by atoms with Gasteiger partial charge in [0.15, 0.2) is 5.96 Å². The lowest BCUT2D eigenvalue weighted by atomic mass is 9.92. The van der Waals surface area contributed by atoms with Crippen molar-refractivity contribution in [1.82, 2.24) is 0 Å². The molecule has 19 heavy (non-hydrogen) atoms. The summed E-state index contributed by atoms with van der Waals surface area (Å²) in [7, 11) is 1.73. The molecule has 3 rings (SSSR count). The van der Waals surface area contributed by atoms with Gasteiger partial charge in [0.2, 0.25) is 0 Å². The van der Waals surface area contributed by atoms with Crippen molar-refractivity contribution in [2.24, 2.45) is 16.6 Å². The average Bonchev–Trinajstić information content (AvgIpc) is 3.19. The summed E-state index contributed by atoms with van der Waals surface area (Å²) in [6.07, 6.45) is 2.40. The van der Waals surface area contributed by atoms with E-state index in [0.29, 0.717) is 30.1 Å². The average molecular weight is 280 g/mol. The highest BCUT2D eigenvalue weighted by Gasteiger charge is 2.53. The molecule has 1 aromatic carbocycles. The van der Waals surface area contributed by atoms with Crippen molar-refractivity contribution in [2.45, 2.75) is 18.4 Å². The molecule has 102 valence electrons. The molecule has 1 aromatic rings. The van der Waals surface area contributed by atoms with Crippen molar-refractivity contribution >= 4 is 23.2 Å². The Morgan fingerprint density at radius 1 is 1.47 bits per heavy atom. The van der Waals surface area contributed by atoms with Crippen LogP contribution in [0.2, 0.25) is 5.02 Å². The lowest BCUT2D eigenvalue weighted by molar-refractivity contribution is 0.129. The minimum absolute atomic E-state index is 0.163. The number of ether oxygens (including phenoxy) is 1. The van der Waals surface area contributed by atoms with Crippen molar-refractivity contribution in [2.75, 3.05) is 25.2 Å². The molecule has 2 aliphatic rings. The van der Waals surface area contributed by atoms with E-state index in [4.69, 9.17) is 22.1 Å². The maximum absolute atomic E-state index is 6.33. The summed E-state index contributed by atoms with van der Waals surface area (Å²) < 4.78 is 5.46. The van der Waals surface area contributed by atoms with Crippen LogP contribution in [0.15, 0.2) is 29.3 Å². The van der Waals surface area contributed by atoms with E-state index in [1.54, 1.807) is 7.11 Å². The van der Waals surface area contributed by atoms with E-state index in [1.807, 2.05) is 24.3 Å². The van der Waals surface area contributed by atoms with Crippen LogP contribution in [-0.2, 0) is 4.74 Å². The minimum Gasteiger partial charge on any atom is -0.382 e. The molecule has 4 nitrogen and oxygen atoms in total. The summed E-state index contributed by atoms with van der Waals surface area (Å²) in [5, 5.41) is 0.698. The fraction of sp³-hybridized carbons (Fsp3) is 0.500. The van der Waals surface area contributed by atoms with E-state index in [2.05, 4.69) is 9.89 Å². The van der Waals surface area contributed by atoms with Crippen LogP contribution >= 0.6 is 11.6 Å². The van der Waals surface area contributed by atoms with Crippen molar-refractivity contribution in [3.05, 3.63) is 29.3 Å². The summed E-state index contributed by atoms with van der Waals surface area (Å²) in [6.45, 7) is 1.30. The standard InChI is InChI=1S/C14H18ClN3O/c1-19-9-14(10-6-7-10)8-17-13(16)18(14)12-5-3-2-4-11(12)15/h2-5,10H,6-9H2,1H3,(H2,16,17). The van der Waals surface area contributed by atoms with Crippen LogP contribution in [0.4, 0.5) is 5.69 Å². The molecule has 1 saturated carbocycles. The predicted molar refractivity (Wildman–Crippen MR) is 77.8 cm³/mol. The second-order valence-corrected chi connectivity index (χ2v) is 5.68. The fourth-order valence-electron chi connectivity index (χ4n) is 2.99. The Morgan fingerprint density at radius 3 is 2.84 bits per heavy atom. The van der Waals surface area contributed by atoms with Crippen molar-refractivity contribution in [3.8, 4) is 0 Å². The van der Waals surface area contributed by atoms with Crippen LogP contribution in [-0.4, -0.2) is 31.8 Å². The zero-order valence-corrected chi connectivity index (χ0v) is 11.7. The molecule has 0 amide bonds. The highest BCUT2D eigenvalue weighted by Crippen LogP contribution is 2.48. The molecule has 1 heterocycles. The van der Waals surface area contributed by atoms with E-state index < -0.39 is 0 Å². The van der Waals surface area contributed by atoms with Crippen LogP contribution in [0.5, 0.6) is 0 Å². The van der Waals surface area contributed by atoms with Crippen molar-refractivity contribution < 1.29 is 4.74 Å². The number of hydrogen-bond acceptors (Lipinski definition) is 4. The maximum Gasteiger partial charge on any atom is 0.196 e. The molecule has 1 aliphatic carbocycles. The van der Waals surface area contributed by atoms with Gasteiger partial charge in [0, 0.05) is 7.11 Å². The maximum atomic E-state index is 6.33. The third-order valence-electron chi connectivity index (χ3n) is 4.01. The number of methoxy groups -OCH3 is 1. The van der Waals surface area contributed by atoms with E-state index >= 15 is 0 Å². The molecule has 1 aliphatic heterocycles. The predicted octanol–water partition coefficient (Wildman–Crippen LogP) is 2.27. The largest absolute Gasteiger partial charge is 0.382 e. The van der Waals surface area contributed by atoms with Crippen LogP contribution in [0, 0.1) is 5.92 Å². The number of guanidine groups is 1. The van der Waals surface area contributed by atoms with Gasteiger partial charge in [0.25, 0.3) is 0 Å². The zero-order valence-electron chi connectivity index (χ0n) is 11.0. The molecule has 0 bridgehead atoms. The first-order chi connectivity index (χ1) is 9.19. The van der Waals surface area contributed by atoms with Crippen LogP contribution in [0.3, 0.4) is 0 Å². The van der Waals surface area contributed by atoms with Gasteiger partial charge >= 0.3 is 0 Å². The van der Waals surface area contributed by atoms with Gasteiger partial charge in [-0.2, -0.15) is 0 Å². The smallest absolute Gasteiger partial charge is 0.196 e. The molecule has 1 unspecified atom stereocenters. The first-order valence-corrected chi connectivity index (χ1v) is 6.90. The third-order valence-corrected chi connectivity index (χ3v) is 4.33. The Bertz CT molecular complexity index is 515. The van der Waals surface area contributed by atoms with Gasteiger partial charge in [-0.15, -0.1) is 0 Å². The highest BCUT2D eigenvalue weighted by molar-refractivity contribution is 6.34. The molecule has 5 heteroatoms. The molecular formula is C14H18ClN3O. The Kier molecular flexibility index (Phi) is 3.15. The van der Waals surface area contributed by atoms with Gasteiger partial charge in [0.1, 0.15) is 0 Å². The number of rotatable bonds is 4. The third kappa shape index (κ3) is 1.99. The quantitative estimate of drug-likeness (QED) is 0.920. The SMILES string of the molecule is COCC1(C2CC2)CN=C(N)N1c1ccccc1Cl. The van der Waals surface area contributed by atoms with Crippen LogP contribution in [0.1, 0.15) is 12.8 Å². The number of nitrogens with two attached hydrogens (primary N) is 1. The molecule has 0 spiro atoms. The van der Waals surface area contributed by atoms with Gasteiger partial charge in [-0.3, -0.25) is 4.99 Å². The summed E-state index contributed by atoms with van der Waals surface area (Å²) in [4.78, 5) is 6.53. The Morgan fingerprint density at radius 2 is 2.21 bits per heavy atom. The number of para-hydroxylation sites is 1. The summed E-state index contributed by atoms with van der Waals surface area (Å²) in [6, 6.07) is 7.76. The Balaban J connectivity index is 2.04. The van der Waals surface area contributed by atoms with Crippen LogP contribution in [0.25, 0.3) is 0 Å². The molecule has 2 N–H and O–H groups in total. The number of anilines is 1. The Hall–Kier alpha value is -1.26. The van der Waals surface area contributed by atoms with E-state index in [9.17, 15) is 0 Å². The van der Waals surface area contributed by atoms with Gasteiger partial charge in [-0.1, -0.05) is 23.7 Å². The second-order valence-electron chi connectivity index (χ2n) is 5.27. The second kappa shape index (κ2) is 4.69. The monoisotopic (exact) mass is 279 g/mol. The van der Waals surface area contributed by atoms with Gasteiger partial charge in [-0.05, 0) is 30.9 Å². The lowest BCUT2D eigenvalue weighted by Gasteiger charge is -2.39. The van der Waals surface area contributed by atoms with Crippen molar-refractivity contribution in [1.29, 1.82) is 0 Å². The number of benzene rings is 1. The molecule has 0 saturated heterocycles. The first-order valence-electron chi connectivity index (χ1n) is 6.52. The van der Waals surface area contributed by atoms with Crippen LogP contribution < -0.4 is 10.6 Å². The zero-order chi connectivity index (χ0) is 13.5. The Labute approximate surface area is 118 Å². The van der Waals surface area contributed by atoms with Crippen molar-refractivity contribution in [3.63, 3.8) is 0 Å². The van der Waals surface area contributed by atoms with Gasteiger partial charge in [0.05, 0.1) is 29.4 Å². The normalized spacial score (nSPS) is 26.6. The summed E-state index contributed by atoms with van der Waals surface area (Å²) in [5.74, 6) is 1.12. The number of nitrogens with zero attached hydrogens (tertiary/aromatic N) is 2. The lowest BCUT2D eigenvalue weighted by Crippen LogP contribution is -2.56. The minimum atomic E-state index is -0.163. The fourth-order valence-corrected chi connectivity index (χ4v) is 3.21. The van der Waals surface area contributed by atoms with Gasteiger partial charge < -0.3 is 15.4 Å². The van der Waals surface area contributed by atoms with E-state index in [0.717, 1.165) is 5.69 Å². The molecular weight excluding hydrogens is 262 g/mol. The van der Waals surface area contributed by atoms with E-state index in [-0.39, 0.29) is 5.54 Å². The topological polar surface area (TPSA) is 50.9 Å². The summed E-state index contributed by atoms with van der Waals surface area (Å²) in [5.41, 5.74) is 6.87. The van der Waals surface area contributed by atoms with Gasteiger partial charge in [-0.25, -0.2) is 0 Å². The molecule has 1 atom stereocenters. The highest BCUT2D eigenvalue weighted by atomic mass is 35.5. The first kappa shape index (κ1) is 12.8. The number of aliphatic imine (C=N–C) groups is 1. The molecule has 0 radical (unpaired) electrons.